The lowest BCUT2D eigenvalue weighted by atomic mass is 10.1. The summed E-state index contributed by atoms with van der Waals surface area (Å²) in [6, 6.07) is 9.89. The Hall–Kier alpha value is -3.26. The van der Waals surface area contributed by atoms with E-state index >= 15 is 0 Å². The van der Waals surface area contributed by atoms with Crippen LogP contribution in [0.2, 0.25) is 0 Å². The van der Waals surface area contributed by atoms with Gasteiger partial charge < -0.3 is 28.6 Å². The van der Waals surface area contributed by atoms with Crippen LogP contribution in [0.25, 0.3) is 22.2 Å². The van der Waals surface area contributed by atoms with E-state index in [1.54, 1.807) is 0 Å². The zero-order chi connectivity index (χ0) is 19.8. The van der Waals surface area contributed by atoms with E-state index in [9.17, 15) is 0 Å². The molecule has 29 heavy (non-hydrogen) atoms. The van der Waals surface area contributed by atoms with Crippen molar-refractivity contribution in [2.45, 2.75) is 0 Å². The van der Waals surface area contributed by atoms with Crippen LogP contribution < -0.4 is 23.7 Å². The second kappa shape index (κ2) is 7.29. The largest absolute Gasteiger partial charge is 0.486 e. The molecule has 0 amide bonds. The Balaban J connectivity index is 1.61. The molecule has 2 aliphatic heterocycles. The zero-order valence-corrected chi connectivity index (χ0v) is 16.3. The summed E-state index contributed by atoms with van der Waals surface area (Å²) < 4.78 is 28.3. The van der Waals surface area contributed by atoms with Gasteiger partial charge in [-0.2, -0.15) is 9.97 Å². The van der Waals surface area contributed by atoms with Crippen LogP contribution in [0, 0.1) is 0 Å². The van der Waals surface area contributed by atoms with E-state index < -0.39 is 0 Å². The van der Waals surface area contributed by atoms with E-state index in [4.69, 9.17) is 28.7 Å². The minimum absolute atomic E-state index is 0.199. The summed E-state index contributed by atoms with van der Waals surface area (Å²) in [5.41, 5.74) is 2.36. The Morgan fingerprint density at radius 1 is 0.897 bits per heavy atom. The van der Waals surface area contributed by atoms with Gasteiger partial charge in [0.05, 0.1) is 11.2 Å². The molecule has 0 saturated carbocycles. The van der Waals surface area contributed by atoms with Crippen molar-refractivity contribution in [3.63, 3.8) is 0 Å². The van der Waals surface area contributed by atoms with Gasteiger partial charge in [-0.25, -0.2) is 0 Å². The number of benzene rings is 2. The SMILES string of the molecule is CN(C)CCOc1nc(-c2ccc3c(c2)OCCO3)c2cc3c(cc2n1)OCO3. The van der Waals surface area contributed by atoms with E-state index in [2.05, 4.69) is 4.98 Å². The highest BCUT2D eigenvalue weighted by Gasteiger charge is 2.20. The number of nitrogens with zero attached hydrogens (tertiary/aromatic N) is 3. The van der Waals surface area contributed by atoms with Gasteiger partial charge in [-0.05, 0) is 38.4 Å². The molecule has 0 fully saturated rings. The molecule has 0 atom stereocenters. The number of likely N-dealkylation sites (N-methyl/N-ethyl adjacent to an activating group) is 1. The maximum Gasteiger partial charge on any atom is 0.317 e. The van der Waals surface area contributed by atoms with Gasteiger partial charge in [0.2, 0.25) is 6.79 Å². The first-order valence-corrected chi connectivity index (χ1v) is 9.46. The molecule has 2 aliphatic rings. The molecule has 5 rings (SSSR count). The Bertz CT molecular complexity index is 1070. The lowest BCUT2D eigenvalue weighted by Gasteiger charge is -2.19. The molecular formula is C21H21N3O5. The smallest absolute Gasteiger partial charge is 0.317 e. The number of fused-ring (bicyclic) bond motifs is 3. The Morgan fingerprint density at radius 2 is 1.66 bits per heavy atom. The van der Waals surface area contributed by atoms with Gasteiger partial charge in [0.25, 0.3) is 0 Å². The van der Waals surface area contributed by atoms with Gasteiger partial charge in [-0.15, -0.1) is 0 Å². The number of hydrogen-bond acceptors (Lipinski definition) is 8. The van der Waals surface area contributed by atoms with E-state index in [-0.39, 0.29) is 6.79 Å². The molecule has 0 aliphatic carbocycles. The highest BCUT2D eigenvalue weighted by Crippen LogP contribution is 2.41. The molecular weight excluding hydrogens is 374 g/mol. The number of ether oxygens (including phenoxy) is 5. The van der Waals surface area contributed by atoms with Crippen LogP contribution >= 0.6 is 0 Å². The van der Waals surface area contributed by atoms with Crippen molar-refractivity contribution in [2.75, 3.05) is 47.3 Å². The minimum Gasteiger partial charge on any atom is -0.486 e. The maximum absolute atomic E-state index is 5.83. The summed E-state index contributed by atoms with van der Waals surface area (Å²) in [4.78, 5) is 11.3. The molecule has 8 heteroatoms. The van der Waals surface area contributed by atoms with Crippen molar-refractivity contribution in [3.8, 4) is 40.3 Å². The van der Waals surface area contributed by atoms with Crippen molar-refractivity contribution < 1.29 is 23.7 Å². The van der Waals surface area contributed by atoms with E-state index in [1.165, 1.54) is 0 Å². The molecule has 0 spiro atoms. The first kappa shape index (κ1) is 17.8. The normalized spacial score (nSPS) is 14.4. The van der Waals surface area contributed by atoms with Crippen molar-refractivity contribution in [3.05, 3.63) is 30.3 Å². The van der Waals surface area contributed by atoms with E-state index in [1.807, 2.05) is 49.3 Å². The number of hydrogen-bond donors (Lipinski definition) is 0. The fourth-order valence-electron chi connectivity index (χ4n) is 3.29. The third-order valence-electron chi connectivity index (χ3n) is 4.75. The molecule has 0 radical (unpaired) electrons. The molecule has 3 aromatic rings. The van der Waals surface area contributed by atoms with Gasteiger partial charge in [0, 0.05) is 23.6 Å². The molecule has 0 saturated heterocycles. The summed E-state index contributed by atoms with van der Waals surface area (Å²) in [5.74, 6) is 2.79. The van der Waals surface area contributed by atoms with Gasteiger partial charge >= 0.3 is 6.01 Å². The average molecular weight is 395 g/mol. The van der Waals surface area contributed by atoms with Crippen molar-refractivity contribution in [1.29, 1.82) is 0 Å². The number of rotatable bonds is 5. The van der Waals surface area contributed by atoms with Crippen molar-refractivity contribution in [1.82, 2.24) is 14.9 Å². The first-order valence-electron chi connectivity index (χ1n) is 9.46. The summed E-state index contributed by atoms with van der Waals surface area (Å²) >= 11 is 0. The molecule has 8 nitrogen and oxygen atoms in total. The van der Waals surface area contributed by atoms with Crippen LogP contribution in [0.4, 0.5) is 0 Å². The molecule has 0 bridgehead atoms. The van der Waals surface area contributed by atoms with Crippen molar-refractivity contribution >= 4 is 10.9 Å². The topological polar surface area (TPSA) is 75.2 Å². The maximum atomic E-state index is 5.83. The van der Waals surface area contributed by atoms with Gasteiger partial charge in [0.15, 0.2) is 23.0 Å². The van der Waals surface area contributed by atoms with Crippen LogP contribution in [-0.4, -0.2) is 62.1 Å². The molecule has 0 N–H and O–H groups in total. The second-order valence-electron chi connectivity index (χ2n) is 7.09. The summed E-state index contributed by atoms with van der Waals surface area (Å²) in [6.45, 7) is 2.53. The highest BCUT2D eigenvalue weighted by atomic mass is 16.7. The molecule has 150 valence electrons. The third-order valence-corrected chi connectivity index (χ3v) is 4.75. The van der Waals surface area contributed by atoms with Gasteiger partial charge in [-0.1, -0.05) is 0 Å². The molecule has 1 aromatic heterocycles. The summed E-state index contributed by atoms with van der Waals surface area (Å²) in [6.07, 6.45) is 0. The third kappa shape index (κ3) is 3.47. The van der Waals surface area contributed by atoms with Crippen molar-refractivity contribution in [2.24, 2.45) is 0 Å². The predicted octanol–water partition coefficient (Wildman–Crippen LogP) is 2.74. The summed E-state index contributed by atoms with van der Waals surface area (Å²) in [7, 11) is 3.98. The van der Waals surface area contributed by atoms with E-state index in [0.29, 0.717) is 43.1 Å². The quantitative estimate of drug-likeness (QED) is 0.653. The average Bonchev–Trinajstić information content (AvgIpc) is 3.18. The van der Waals surface area contributed by atoms with Crippen LogP contribution in [0.15, 0.2) is 30.3 Å². The monoisotopic (exact) mass is 395 g/mol. The Kier molecular flexibility index (Phi) is 4.48. The van der Waals surface area contributed by atoms with Crippen LogP contribution in [0.3, 0.4) is 0 Å². The van der Waals surface area contributed by atoms with Crippen LogP contribution in [-0.2, 0) is 0 Å². The standard InChI is InChI=1S/C21H21N3O5/c1-24(2)5-6-27-21-22-15-11-19-18(28-12-29-19)10-14(15)20(23-21)13-3-4-16-17(9-13)26-8-7-25-16/h3-4,9-11H,5-8,12H2,1-2H3. The van der Waals surface area contributed by atoms with Crippen LogP contribution in [0.1, 0.15) is 0 Å². The highest BCUT2D eigenvalue weighted by molar-refractivity contribution is 5.95. The van der Waals surface area contributed by atoms with Gasteiger partial charge in [0.1, 0.15) is 19.8 Å². The fraction of sp³-hybridized carbons (Fsp3) is 0.333. The Labute approximate surface area is 167 Å². The molecule has 0 unspecified atom stereocenters. The first-order chi connectivity index (χ1) is 14.2. The predicted molar refractivity (Wildman–Crippen MR) is 106 cm³/mol. The van der Waals surface area contributed by atoms with Gasteiger partial charge in [-0.3, -0.25) is 0 Å². The lowest BCUT2D eigenvalue weighted by Crippen LogP contribution is -2.20. The van der Waals surface area contributed by atoms with Crippen LogP contribution in [0.5, 0.6) is 29.0 Å². The minimum atomic E-state index is 0.199. The Morgan fingerprint density at radius 3 is 2.48 bits per heavy atom. The number of aromatic nitrogens is 2. The zero-order valence-electron chi connectivity index (χ0n) is 16.3. The molecule has 3 heterocycles. The lowest BCUT2D eigenvalue weighted by molar-refractivity contribution is 0.171. The molecule has 2 aromatic carbocycles. The fourth-order valence-corrected chi connectivity index (χ4v) is 3.29. The van der Waals surface area contributed by atoms with E-state index in [0.717, 1.165) is 34.5 Å². The summed E-state index contributed by atoms with van der Waals surface area (Å²) in [5, 5.41) is 0.853. The second-order valence-corrected chi connectivity index (χ2v) is 7.09.